The molecule has 200 valence electrons. The van der Waals surface area contributed by atoms with Crippen molar-refractivity contribution in [3.05, 3.63) is 79.4 Å². The van der Waals surface area contributed by atoms with Crippen molar-refractivity contribution in [1.82, 2.24) is 24.3 Å². The number of thiophene rings is 1. The highest BCUT2D eigenvalue weighted by Gasteiger charge is 2.24. The van der Waals surface area contributed by atoms with E-state index in [1.165, 1.54) is 12.0 Å². The Bertz CT molecular complexity index is 1890. The number of methoxy groups -OCH3 is 1. The van der Waals surface area contributed by atoms with Crippen LogP contribution in [0.5, 0.6) is 17.2 Å². The van der Waals surface area contributed by atoms with Crippen molar-refractivity contribution < 1.29 is 14.3 Å². The van der Waals surface area contributed by atoms with Crippen molar-refractivity contribution in [3.8, 4) is 28.0 Å². The molecule has 6 aromatic rings. The van der Waals surface area contributed by atoms with Gasteiger partial charge in [-0.15, -0.1) is 11.3 Å². The third-order valence-electron chi connectivity index (χ3n) is 6.34. The first-order chi connectivity index (χ1) is 19.4. The summed E-state index contributed by atoms with van der Waals surface area (Å²) in [5, 5.41) is 5.17. The summed E-state index contributed by atoms with van der Waals surface area (Å²) < 4.78 is 16.4. The van der Waals surface area contributed by atoms with E-state index in [-0.39, 0.29) is 17.6 Å². The van der Waals surface area contributed by atoms with E-state index in [1.807, 2.05) is 48.1 Å². The number of para-hydroxylation sites is 1. The van der Waals surface area contributed by atoms with Gasteiger partial charge in [0, 0.05) is 43.2 Å². The second kappa shape index (κ2) is 10.4. The first-order valence-corrected chi connectivity index (χ1v) is 13.4. The molecule has 0 radical (unpaired) electrons. The van der Waals surface area contributed by atoms with Gasteiger partial charge >= 0.3 is 0 Å². The van der Waals surface area contributed by atoms with Crippen LogP contribution in [0.1, 0.15) is 0 Å². The lowest BCUT2D eigenvalue weighted by Gasteiger charge is -2.23. The number of rotatable bonds is 7. The van der Waals surface area contributed by atoms with E-state index in [0.717, 1.165) is 31.8 Å². The number of pyridine rings is 1. The van der Waals surface area contributed by atoms with Crippen LogP contribution in [0.15, 0.2) is 79.4 Å². The maximum atomic E-state index is 13.4. The Labute approximate surface area is 238 Å². The van der Waals surface area contributed by atoms with E-state index in [9.17, 15) is 4.79 Å². The predicted octanol–water partition coefficient (Wildman–Crippen LogP) is 5.12. The summed E-state index contributed by atoms with van der Waals surface area (Å²) in [6.07, 6.45) is 7.07. The number of fused-ring (bicyclic) bond motifs is 2. The van der Waals surface area contributed by atoms with Crippen molar-refractivity contribution in [3.63, 3.8) is 0 Å². The summed E-state index contributed by atoms with van der Waals surface area (Å²) in [5.74, 6) is 2.01. The number of amides is 1. The second-order valence-corrected chi connectivity index (χ2v) is 10.3. The number of nitrogens with two attached hydrogens (primary N) is 1. The van der Waals surface area contributed by atoms with Crippen LogP contribution >= 0.6 is 23.6 Å². The number of carbonyl (C=O) groups excluding carboxylic acids is 1. The van der Waals surface area contributed by atoms with Gasteiger partial charge in [0.1, 0.15) is 29.6 Å². The molecule has 40 heavy (non-hydrogen) atoms. The van der Waals surface area contributed by atoms with Gasteiger partial charge in [-0.1, -0.05) is 18.2 Å². The number of benzene rings is 2. The number of imidazole rings is 1. The van der Waals surface area contributed by atoms with Gasteiger partial charge in [0.05, 0.1) is 39.6 Å². The van der Waals surface area contributed by atoms with Crippen LogP contribution in [-0.4, -0.2) is 42.4 Å². The number of thiocarbonyl (C=S) groups is 1. The summed E-state index contributed by atoms with van der Waals surface area (Å²) in [7, 11) is 3.46. The van der Waals surface area contributed by atoms with Crippen molar-refractivity contribution in [1.29, 1.82) is 0 Å². The molecular weight excluding hydrogens is 546 g/mol. The Morgan fingerprint density at radius 2 is 1.95 bits per heavy atom. The van der Waals surface area contributed by atoms with Crippen molar-refractivity contribution in [2.24, 2.45) is 12.8 Å². The van der Waals surface area contributed by atoms with E-state index < -0.39 is 0 Å². The molecule has 0 spiro atoms. The number of hydrogen-bond donors (Lipinski definition) is 1. The summed E-state index contributed by atoms with van der Waals surface area (Å²) in [6, 6.07) is 16.6. The summed E-state index contributed by atoms with van der Waals surface area (Å²) >= 11 is 6.81. The zero-order chi connectivity index (χ0) is 27.8. The number of nitrogens with zero attached hydrogens (tertiary/aromatic N) is 6. The highest BCUT2D eigenvalue weighted by Crippen LogP contribution is 2.40. The second-order valence-electron chi connectivity index (χ2n) is 8.86. The molecule has 0 saturated carbocycles. The normalized spacial score (nSPS) is 11.2. The SMILES string of the molecule is COc1cc(Oc2ccnc3cc(-c4nccn4C)sc23)ccc1N(C(=O)Cn1ncc2ccccc21)C(N)=S. The largest absolute Gasteiger partial charge is 0.494 e. The lowest BCUT2D eigenvalue weighted by molar-refractivity contribution is -0.118. The number of hydrogen-bond acceptors (Lipinski definition) is 8. The molecule has 0 atom stereocenters. The maximum Gasteiger partial charge on any atom is 0.255 e. The van der Waals surface area contributed by atoms with E-state index in [0.29, 0.717) is 22.9 Å². The van der Waals surface area contributed by atoms with Crippen LogP contribution in [0.4, 0.5) is 5.69 Å². The Morgan fingerprint density at radius 3 is 2.73 bits per heavy atom. The third kappa shape index (κ3) is 4.63. The highest BCUT2D eigenvalue weighted by molar-refractivity contribution is 7.80. The summed E-state index contributed by atoms with van der Waals surface area (Å²) in [4.78, 5) is 24.6. The van der Waals surface area contributed by atoms with Crippen LogP contribution in [0.3, 0.4) is 0 Å². The van der Waals surface area contributed by atoms with E-state index in [1.54, 1.807) is 58.9 Å². The molecule has 0 aliphatic heterocycles. The molecule has 0 unspecified atom stereocenters. The fourth-order valence-corrected chi connectivity index (χ4v) is 5.77. The monoisotopic (exact) mass is 569 g/mol. The topological polar surface area (TPSA) is 113 Å². The van der Waals surface area contributed by atoms with Crippen LogP contribution in [-0.2, 0) is 18.4 Å². The molecule has 4 aromatic heterocycles. The minimum absolute atomic E-state index is 0.0576. The average molecular weight is 570 g/mol. The Balaban J connectivity index is 1.29. The first-order valence-electron chi connectivity index (χ1n) is 12.2. The molecule has 4 heterocycles. The third-order valence-corrected chi connectivity index (χ3v) is 7.66. The van der Waals surface area contributed by atoms with E-state index in [2.05, 4.69) is 15.1 Å². The molecule has 10 nitrogen and oxygen atoms in total. The lowest BCUT2D eigenvalue weighted by atomic mass is 10.2. The van der Waals surface area contributed by atoms with Gasteiger partial charge in [-0.3, -0.25) is 19.4 Å². The maximum absolute atomic E-state index is 13.4. The minimum Gasteiger partial charge on any atom is -0.494 e. The predicted molar refractivity (Wildman–Crippen MR) is 159 cm³/mol. The molecule has 0 aliphatic carbocycles. The fraction of sp³-hybridized carbons (Fsp3) is 0.107. The number of carbonyl (C=O) groups is 1. The molecule has 0 fully saturated rings. The van der Waals surface area contributed by atoms with E-state index in [4.69, 9.17) is 27.4 Å². The molecule has 0 saturated heterocycles. The van der Waals surface area contributed by atoms with Gasteiger partial charge in [0.25, 0.3) is 5.91 Å². The van der Waals surface area contributed by atoms with Crippen molar-refractivity contribution in [2.45, 2.75) is 6.54 Å². The van der Waals surface area contributed by atoms with Gasteiger partial charge in [0.2, 0.25) is 0 Å². The van der Waals surface area contributed by atoms with Gasteiger partial charge in [-0.2, -0.15) is 5.10 Å². The van der Waals surface area contributed by atoms with Crippen LogP contribution in [0, 0.1) is 0 Å². The molecule has 12 heteroatoms. The van der Waals surface area contributed by atoms with Crippen molar-refractivity contribution >= 4 is 61.4 Å². The molecular formula is C28H23N7O3S2. The summed E-state index contributed by atoms with van der Waals surface area (Å²) in [6.45, 7) is -0.0576. The Hall–Kier alpha value is -4.81. The molecule has 1 amide bonds. The van der Waals surface area contributed by atoms with Gasteiger partial charge in [0.15, 0.2) is 5.11 Å². The highest BCUT2D eigenvalue weighted by atomic mass is 32.1. The van der Waals surface area contributed by atoms with Crippen LogP contribution in [0.2, 0.25) is 0 Å². The Morgan fingerprint density at radius 1 is 1.10 bits per heavy atom. The molecule has 0 bridgehead atoms. The minimum atomic E-state index is -0.357. The Kier molecular flexibility index (Phi) is 6.62. The number of aryl methyl sites for hydroxylation is 1. The zero-order valence-corrected chi connectivity index (χ0v) is 23.1. The molecule has 2 N–H and O–H groups in total. The van der Waals surface area contributed by atoms with E-state index >= 15 is 0 Å². The standard InChI is InChI=1S/C28H23N7O3S2/c1-33-12-11-31-27(33)24-14-19-26(40-24)22(9-10-30-19)38-18-7-8-21(23(13-18)37-2)35(28(29)39)25(36)16-34-20-6-4-3-5-17(20)15-32-34/h3-15H,16H2,1-2H3,(H2,29,39). The van der Waals surface area contributed by atoms with Gasteiger partial charge in [-0.25, -0.2) is 4.98 Å². The van der Waals surface area contributed by atoms with Gasteiger partial charge < -0.3 is 19.8 Å². The fourth-order valence-electron chi connectivity index (χ4n) is 4.47. The van der Waals surface area contributed by atoms with Gasteiger partial charge in [-0.05, 0) is 36.5 Å². The summed E-state index contributed by atoms with van der Waals surface area (Å²) in [5.41, 5.74) is 8.06. The van der Waals surface area contributed by atoms with Crippen LogP contribution in [0.25, 0.3) is 31.8 Å². The smallest absolute Gasteiger partial charge is 0.255 e. The molecule has 6 rings (SSSR count). The quantitative estimate of drug-likeness (QED) is 0.264. The molecule has 2 aromatic carbocycles. The lowest BCUT2D eigenvalue weighted by Crippen LogP contribution is -2.42. The molecule has 0 aliphatic rings. The van der Waals surface area contributed by atoms with Crippen LogP contribution < -0.4 is 20.1 Å². The zero-order valence-electron chi connectivity index (χ0n) is 21.5. The number of anilines is 1. The number of ether oxygens (including phenoxy) is 2. The average Bonchev–Trinajstić information content (AvgIpc) is 3.68. The number of aromatic nitrogens is 5. The first kappa shape index (κ1) is 25.5. The van der Waals surface area contributed by atoms with Crippen molar-refractivity contribution in [2.75, 3.05) is 12.0 Å².